The number of aliphatic hydroxyl groups is 1. The summed E-state index contributed by atoms with van der Waals surface area (Å²) in [6.45, 7) is 3.83. The van der Waals surface area contributed by atoms with E-state index >= 15 is 0 Å². The molecule has 0 bridgehead atoms. The zero-order valence-electron chi connectivity index (χ0n) is 11.7. The fraction of sp³-hybridized carbons (Fsp3) is 0.312. The molecule has 4 heteroatoms. The van der Waals surface area contributed by atoms with Crippen LogP contribution in [-0.4, -0.2) is 33.2 Å². The average molecular weight is 272 g/mol. The van der Waals surface area contributed by atoms with Crippen molar-refractivity contribution in [1.82, 2.24) is 9.88 Å². The van der Waals surface area contributed by atoms with Gasteiger partial charge in [0.1, 0.15) is 5.75 Å². The minimum atomic E-state index is 0.0901. The fourth-order valence-electron chi connectivity index (χ4n) is 2.19. The molecule has 0 aliphatic rings. The van der Waals surface area contributed by atoms with E-state index in [1.165, 1.54) is 0 Å². The summed E-state index contributed by atoms with van der Waals surface area (Å²) in [5, 5.41) is 19.3. The first-order valence-corrected chi connectivity index (χ1v) is 6.70. The molecule has 1 aromatic carbocycles. The maximum atomic E-state index is 10.1. The molecule has 2 rings (SSSR count). The lowest BCUT2D eigenvalue weighted by atomic mass is 10.1. The first-order chi connectivity index (χ1) is 9.70. The molecule has 0 atom stereocenters. The molecular formula is C16H20N2O2. The number of aliphatic hydroxyl groups excluding tert-OH is 1. The van der Waals surface area contributed by atoms with Crippen LogP contribution in [-0.2, 0) is 13.1 Å². The van der Waals surface area contributed by atoms with Crippen molar-refractivity contribution in [2.75, 3.05) is 13.2 Å². The average Bonchev–Trinajstić information content (AvgIpc) is 2.45. The van der Waals surface area contributed by atoms with Gasteiger partial charge in [-0.15, -0.1) is 0 Å². The number of nitrogens with zero attached hydrogens (tertiary/aromatic N) is 2. The summed E-state index contributed by atoms with van der Waals surface area (Å²) < 4.78 is 0. The summed E-state index contributed by atoms with van der Waals surface area (Å²) in [7, 11) is 0. The highest BCUT2D eigenvalue weighted by Gasteiger charge is 2.10. The molecule has 0 fully saturated rings. The third-order valence-corrected chi connectivity index (χ3v) is 3.26. The number of rotatable bonds is 6. The number of phenolic OH excluding ortho intramolecular Hbond substituents is 1. The van der Waals surface area contributed by atoms with Gasteiger partial charge in [0.25, 0.3) is 0 Å². The Balaban J connectivity index is 2.11. The third kappa shape index (κ3) is 3.79. The zero-order chi connectivity index (χ0) is 14.4. The molecule has 4 nitrogen and oxygen atoms in total. The SMILES string of the molecule is Cc1cccc(CN(CCO)Cc2cccnc2)c1O. The lowest BCUT2D eigenvalue weighted by Crippen LogP contribution is -2.26. The van der Waals surface area contributed by atoms with Gasteiger partial charge in [0, 0.05) is 37.6 Å². The summed E-state index contributed by atoms with van der Waals surface area (Å²) in [5.74, 6) is 0.335. The number of aryl methyl sites for hydroxylation is 1. The van der Waals surface area contributed by atoms with E-state index in [4.69, 9.17) is 0 Å². The lowest BCUT2D eigenvalue weighted by Gasteiger charge is -2.22. The molecule has 0 radical (unpaired) electrons. The van der Waals surface area contributed by atoms with Crippen LogP contribution in [0, 0.1) is 6.92 Å². The smallest absolute Gasteiger partial charge is 0.122 e. The van der Waals surface area contributed by atoms with E-state index in [1.54, 1.807) is 6.20 Å². The Kier molecular flexibility index (Phi) is 5.09. The molecule has 0 aliphatic heterocycles. The summed E-state index contributed by atoms with van der Waals surface area (Å²) >= 11 is 0. The number of benzene rings is 1. The van der Waals surface area contributed by atoms with E-state index in [0.29, 0.717) is 25.4 Å². The quantitative estimate of drug-likeness (QED) is 0.845. The van der Waals surface area contributed by atoms with Crippen LogP contribution in [0.15, 0.2) is 42.7 Å². The molecule has 0 spiro atoms. The molecule has 106 valence electrons. The molecule has 0 saturated heterocycles. The van der Waals surface area contributed by atoms with Crippen molar-refractivity contribution in [1.29, 1.82) is 0 Å². The van der Waals surface area contributed by atoms with Gasteiger partial charge in [-0.1, -0.05) is 24.3 Å². The highest BCUT2D eigenvalue weighted by Crippen LogP contribution is 2.23. The Morgan fingerprint density at radius 3 is 2.70 bits per heavy atom. The van der Waals surface area contributed by atoms with Gasteiger partial charge in [0.05, 0.1) is 6.61 Å². The highest BCUT2D eigenvalue weighted by atomic mass is 16.3. The van der Waals surface area contributed by atoms with Gasteiger partial charge in [-0.2, -0.15) is 0 Å². The normalized spacial score (nSPS) is 10.9. The van der Waals surface area contributed by atoms with Gasteiger partial charge in [-0.3, -0.25) is 9.88 Å². The molecule has 0 amide bonds. The van der Waals surface area contributed by atoms with Crippen LogP contribution in [0.3, 0.4) is 0 Å². The molecule has 0 unspecified atom stereocenters. The van der Waals surface area contributed by atoms with E-state index < -0.39 is 0 Å². The maximum Gasteiger partial charge on any atom is 0.122 e. The predicted molar refractivity (Wildman–Crippen MR) is 78.3 cm³/mol. The number of phenols is 1. The minimum absolute atomic E-state index is 0.0901. The molecule has 2 aromatic rings. The van der Waals surface area contributed by atoms with Gasteiger partial charge in [-0.05, 0) is 24.1 Å². The number of aromatic hydroxyl groups is 1. The van der Waals surface area contributed by atoms with E-state index in [1.807, 2.05) is 43.5 Å². The highest BCUT2D eigenvalue weighted by molar-refractivity contribution is 5.39. The van der Waals surface area contributed by atoms with E-state index in [9.17, 15) is 10.2 Å². The maximum absolute atomic E-state index is 10.1. The topological polar surface area (TPSA) is 56.6 Å². The molecule has 0 saturated carbocycles. The van der Waals surface area contributed by atoms with Crippen molar-refractivity contribution in [3.05, 3.63) is 59.4 Å². The third-order valence-electron chi connectivity index (χ3n) is 3.26. The van der Waals surface area contributed by atoms with Crippen molar-refractivity contribution in [2.24, 2.45) is 0 Å². The van der Waals surface area contributed by atoms with Gasteiger partial charge >= 0.3 is 0 Å². The first-order valence-electron chi connectivity index (χ1n) is 6.70. The summed E-state index contributed by atoms with van der Waals surface area (Å²) in [6, 6.07) is 9.64. The van der Waals surface area contributed by atoms with Crippen molar-refractivity contribution in [3.8, 4) is 5.75 Å². The molecule has 1 heterocycles. The van der Waals surface area contributed by atoms with Gasteiger partial charge in [0.15, 0.2) is 0 Å². The molecular weight excluding hydrogens is 252 g/mol. The number of pyridine rings is 1. The zero-order valence-corrected chi connectivity index (χ0v) is 11.7. The Bertz CT molecular complexity index is 543. The van der Waals surface area contributed by atoms with Crippen molar-refractivity contribution in [2.45, 2.75) is 20.0 Å². The largest absolute Gasteiger partial charge is 0.507 e. The predicted octanol–water partition coefficient (Wildman–Crippen LogP) is 2.09. The summed E-state index contributed by atoms with van der Waals surface area (Å²) in [6.07, 6.45) is 3.56. The molecule has 2 N–H and O–H groups in total. The standard InChI is InChI=1S/C16H20N2O2/c1-13-4-2-6-15(16(13)20)12-18(8-9-19)11-14-5-3-7-17-10-14/h2-7,10,19-20H,8-9,11-12H2,1H3. The van der Waals surface area contributed by atoms with Crippen LogP contribution in [0.1, 0.15) is 16.7 Å². The number of hydrogen-bond acceptors (Lipinski definition) is 4. The lowest BCUT2D eigenvalue weighted by molar-refractivity contribution is 0.183. The molecule has 20 heavy (non-hydrogen) atoms. The van der Waals surface area contributed by atoms with Crippen molar-refractivity contribution in [3.63, 3.8) is 0 Å². The second-order valence-corrected chi connectivity index (χ2v) is 4.88. The van der Waals surface area contributed by atoms with E-state index in [2.05, 4.69) is 9.88 Å². The van der Waals surface area contributed by atoms with Crippen LogP contribution in [0.25, 0.3) is 0 Å². The number of para-hydroxylation sites is 1. The summed E-state index contributed by atoms with van der Waals surface area (Å²) in [4.78, 5) is 6.19. The minimum Gasteiger partial charge on any atom is -0.507 e. The van der Waals surface area contributed by atoms with E-state index in [0.717, 1.165) is 16.7 Å². The van der Waals surface area contributed by atoms with Gasteiger partial charge in [0.2, 0.25) is 0 Å². The van der Waals surface area contributed by atoms with Crippen molar-refractivity contribution < 1.29 is 10.2 Å². The van der Waals surface area contributed by atoms with Crippen LogP contribution >= 0.6 is 0 Å². The molecule has 0 aliphatic carbocycles. The van der Waals surface area contributed by atoms with Crippen LogP contribution < -0.4 is 0 Å². The van der Waals surface area contributed by atoms with Crippen LogP contribution in [0.4, 0.5) is 0 Å². The Morgan fingerprint density at radius 2 is 2.00 bits per heavy atom. The first kappa shape index (κ1) is 14.5. The monoisotopic (exact) mass is 272 g/mol. The summed E-state index contributed by atoms with van der Waals surface area (Å²) in [5.41, 5.74) is 2.84. The Labute approximate surface area is 119 Å². The number of hydrogen-bond donors (Lipinski definition) is 2. The van der Waals surface area contributed by atoms with Crippen LogP contribution in [0.2, 0.25) is 0 Å². The molecule has 1 aromatic heterocycles. The van der Waals surface area contributed by atoms with E-state index in [-0.39, 0.29) is 6.61 Å². The fourth-order valence-corrected chi connectivity index (χ4v) is 2.19. The van der Waals surface area contributed by atoms with Crippen LogP contribution in [0.5, 0.6) is 5.75 Å². The van der Waals surface area contributed by atoms with Crippen molar-refractivity contribution >= 4 is 0 Å². The van der Waals surface area contributed by atoms with Gasteiger partial charge in [-0.25, -0.2) is 0 Å². The second-order valence-electron chi connectivity index (χ2n) is 4.88. The van der Waals surface area contributed by atoms with Gasteiger partial charge < -0.3 is 10.2 Å². The Hall–Kier alpha value is -1.91. The Morgan fingerprint density at radius 1 is 1.15 bits per heavy atom. The second kappa shape index (κ2) is 7.03. The number of aromatic nitrogens is 1.